The summed E-state index contributed by atoms with van der Waals surface area (Å²) in [5.41, 5.74) is 1.72. The number of hydrogen-bond donors (Lipinski definition) is 0. The smallest absolute Gasteiger partial charge is 0.314 e. The Labute approximate surface area is 142 Å². The summed E-state index contributed by atoms with van der Waals surface area (Å²) in [6.07, 6.45) is -4.53. The van der Waals surface area contributed by atoms with Crippen LogP contribution < -0.4 is 0 Å². The number of aromatic nitrogens is 2. The quantitative estimate of drug-likeness (QED) is 0.837. The van der Waals surface area contributed by atoms with E-state index in [1.807, 2.05) is 13.0 Å². The van der Waals surface area contributed by atoms with Crippen molar-refractivity contribution in [2.75, 3.05) is 0 Å². The summed E-state index contributed by atoms with van der Waals surface area (Å²) < 4.78 is 40.5. The number of alkyl halides is 3. The van der Waals surface area contributed by atoms with Crippen LogP contribution in [0.5, 0.6) is 0 Å². The van der Waals surface area contributed by atoms with Gasteiger partial charge < -0.3 is 4.90 Å². The second kappa shape index (κ2) is 5.62. The Morgan fingerprint density at radius 1 is 1.32 bits per heavy atom. The summed E-state index contributed by atoms with van der Waals surface area (Å²) in [6.45, 7) is 3.75. The number of rotatable bonds is 2. The van der Waals surface area contributed by atoms with Crippen molar-refractivity contribution in [1.82, 2.24) is 14.7 Å². The highest BCUT2D eigenvalue weighted by Crippen LogP contribution is 2.39. The molecule has 0 spiro atoms. The maximum absolute atomic E-state index is 12.9. The molecular weight excluding hydrogens is 333 g/mol. The van der Waals surface area contributed by atoms with Crippen LogP contribution in [0, 0.1) is 25.2 Å². The van der Waals surface area contributed by atoms with Gasteiger partial charge in [-0.25, -0.2) is 0 Å². The van der Waals surface area contributed by atoms with E-state index in [-0.39, 0.29) is 17.7 Å². The van der Waals surface area contributed by atoms with E-state index in [4.69, 9.17) is 0 Å². The standard InChI is InChI=1S/C17H15F3N4O/c1-9-14(10(2)23(3)22-9)8-24-15(7-21)13-6-11(17(18,19)20)4-5-12(13)16(24)25/h4-6,15H,8H2,1-3H3. The molecule has 1 aromatic carbocycles. The van der Waals surface area contributed by atoms with Crippen LogP contribution in [0.1, 0.15) is 44.5 Å². The Hall–Kier alpha value is -2.82. The molecule has 0 N–H and O–H groups in total. The molecule has 0 radical (unpaired) electrons. The second-order valence-corrected chi connectivity index (χ2v) is 6.04. The minimum atomic E-state index is -4.53. The first-order chi connectivity index (χ1) is 11.6. The van der Waals surface area contributed by atoms with E-state index in [0.717, 1.165) is 35.2 Å². The number of hydrogen-bond acceptors (Lipinski definition) is 3. The van der Waals surface area contributed by atoms with Gasteiger partial charge in [0.25, 0.3) is 5.91 Å². The molecule has 5 nitrogen and oxygen atoms in total. The number of benzene rings is 1. The average Bonchev–Trinajstić information content (AvgIpc) is 2.94. The minimum Gasteiger partial charge on any atom is -0.314 e. The fraction of sp³-hybridized carbons (Fsp3) is 0.353. The topological polar surface area (TPSA) is 61.9 Å². The zero-order chi connectivity index (χ0) is 18.5. The summed E-state index contributed by atoms with van der Waals surface area (Å²) in [5.74, 6) is -0.446. The number of fused-ring (bicyclic) bond motifs is 1. The van der Waals surface area contributed by atoms with Crippen molar-refractivity contribution in [3.05, 3.63) is 51.8 Å². The molecule has 1 aromatic heterocycles. The van der Waals surface area contributed by atoms with Gasteiger partial charge in [-0.2, -0.15) is 23.5 Å². The lowest BCUT2D eigenvalue weighted by Gasteiger charge is -2.20. The lowest BCUT2D eigenvalue weighted by Crippen LogP contribution is -2.27. The predicted octanol–water partition coefficient (Wildman–Crippen LogP) is 3.28. The molecular formula is C17H15F3N4O. The number of amides is 1. The van der Waals surface area contributed by atoms with Crippen LogP contribution in [0.2, 0.25) is 0 Å². The molecule has 1 atom stereocenters. The van der Waals surface area contributed by atoms with E-state index in [1.54, 1.807) is 18.7 Å². The molecule has 0 saturated carbocycles. The number of aryl methyl sites for hydroxylation is 2. The Balaban J connectivity index is 2.03. The lowest BCUT2D eigenvalue weighted by atomic mass is 10.0. The first-order valence-corrected chi connectivity index (χ1v) is 7.56. The van der Waals surface area contributed by atoms with Crippen LogP contribution in [0.3, 0.4) is 0 Å². The summed E-state index contributed by atoms with van der Waals surface area (Å²) >= 11 is 0. The highest BCUT2D eigenvalue weighted by molar-refractivity contribution is 5.99. The normalized spacial score (nSPS) is 16.9. The van der Waals surface area contributed by atoms with Gasteiger partial charge in [-0.3, -0.25) is 9.48 Å². The Kier molecular flexibility index (Phi) is 3.82. The lowest BCUT2D eigenvalue weighted by molar-refractivity contribution is -0.137. The molecule has 1 aliphatic heterocycles. The van der Waals surface area contributed by atoms with Crippen LogP contribution in [-0.2, 0) is 19.8 Å². The highest BCUT2D eigenvalue weighted by Gasteiger charge is 2.40. The molecule has 25 heavy (non-hydrogen) atoms. The zero-order valence-electron chi connectivity index (χ0n) is 13.8. The molecule has 2 aromatic rings. The van der Waals surface area contributed by atoms with Crippen molar-refractivity contribution < 1.29 is 18.0 Å². The predicted molar refractivity (Wildman–Crippen MR) is 82.4 cm³/mol. The largest absolute Gasteiger partial charge is 0.416 e. The van der Waals surface area contributed by atoms with E-state index in [1.165, 1.54) is 4.90 Å². The van der Waals surface area contributed by atoms with E-state index in [2.05, 4.69) is 5.10 Å². The minimum absolute atomic E-state index is 0.0986. The molecule has 0 fully saturated rings. The summed E-state index contributed by atoms with van der Waals surface area (Å²) in [7, 11) is 1.77. The Morgan fingerprint density at radius 2 is 2.00 bits per heavy atom. The van der Waals surface area contributed by atoms with E-state index in [9.17, 15) is 23.2 Å². The third-order valence-corrected chi connectivity index (χ3v) is 4.59. The SMILES string of the molecule is Cc1nn(C)c(C)c1CN1C(=O)c2ccc(C(F)(F)F)cc2C1C#N. The summed E-state index contributed by atoms with van der Waals surface area (Å²) in [4.78, 5) is 13.9. The maximum atomic E-state index is 12.9. The van der Waals surface area contributed by atoms with Gasteiger partial charge in [0.2, 0.25) is 0 Å². The van der Waals surface area contributed by atoms with Crippen molar-refractivity contribution in [2.24, 2.45) is 7.05 Å². The molecule has 0 saturated heterocycles. The van der Waals surface area contributed by atoms with E-state index in [0.29, 0.717) is 0 Å². The van der Waals surface area contributed by atoms with Gasteiger partial charge in [0.15, 0.2) is 0 Å². The van der Waals surface area contributed by atoms with Gasteiger partial charge in [-0.05, 0) is 32.0 Å². The van der Waals surface area contributed by atoms with Crippen LogP contribution >= 0.6 is 0 Å². The van der Waals surface area contributed by atoms with Crippen LogP contribution in [0.25, 0.3) is 0 Å². The monoisotopic (exact) mass is 348 g/mol. The third kappa shape index (κ3) is 2.65. The van der Waals surface area contributed by atoms with Gasteiger partial charge in [0.05, 0.1) is 23.9 Å². The molecule has 0 bridgehead atoms. The van der Waals surface area contributed by atoms with E-state index >= 15 is 0 Å². The molecule has 2 heterocycles. The molecule has 130 valence electrons. The van der Waals surface area contributed by atoms with Gasteiger partial charge in [0.1, 0.15) is 6.04 Å². The third-order valence-electron chi connectivity index (χ3n) is 4.59. The van der Waals surface area contributed by atoms with Gasteiger partial charge >= 0.3 is 6.18 Å². The number of nitrogens with zero attached hydrogens (tertiary/aromatic N) is 4. The molecule has 1 amide bonds. The molecule has 0 aliphatic carbocycles. The molecule has 1 unspecified atom stereocenters. The Morgan fingerprint density at radius 3 is 2.52 bits per heavy atom. The van der Waals surface area contributed by atoms with E-state index < -0.39 is 23.7 Å². The highest BCUT2D eigenvalue weighted by atomic mass is 19.4. The molecule has 1 aliphatic rings. The zero-order valence-corrected chi connectivity index (χ0v) is 13.8. The first-order valence-electron chi connectivity index (χ1n) is 7.56. The van der Waals surface area contributed by atoms with Crippen molar-refractivity contribution in [3.63, 3.8) is 0 Å². The maximum Gasteiger partial charge on any atom is 0.416 e. The summed E-state index contributed by atoms with van der Waals surface area (Å²) in [5, 5.41) is 13.7. The van der Waals surface area contributed by atoms with Crippen LogP contribution in [0.4, 0.5) is 13.2 Å². The van der Waals surface area contributed by atoms with Crippen molar-refractivity contribution in [3.8, 4) is 6.07 Å². The van der Waals surface area contributed by atoms with Crippen molar-refractivity contribution in [2.45, 2.75) is 32.6 Å². The number of carbonyl (C=O) groups is 1. The van der Waals surface area contributed by atoms with Gasteiger partial charge in [-0.15, -0.1) is 0 Å². The second-order valence-electron chi connectivity index (χ2n) is 6.04. The fourth-order valence-corrected chi connectivity index (χ4v) is 3.12. The van der Waals surface area contributed by atoms with Gasteiger partial charge in [0, 0.05) is 29.4 Å². The number of nitriles is 1. The van der Waals surface area contributed by atoms with Crippen molar-refractivity contribution >= 4 is 5.91 Å². The Bertz CT molecular complexity index is 908. The summed E-state index contributed by atoms with van der Waals surface area (Å²) in [6, 6.07) is 3.81. The molecule has 8 heteroatoms. The van der Waals surface area contributed by atoms with Crippen molar-refractivity contribution in [1.29, 1.82) is 5.26 Å². The van der Waals surface area contributed by atoms with Gasteiger partial charge in [-0.1, -0.05) is 0 Å². The average molecular weight is 348 g/mol. The first kappa shape index (κ1) is 17.0. The number of halogens is 3. The number of carbonyl (C=O) groups excluding carboxylic acids is 1. The van der Waals surface area contributed by atoms with Crippen LogP contribution in [-0.4, -0.2) is 20.6 Å². The molecule has 3 rings (SSSR count). The van der Waals surface area contributed by atoms with Crippen LogP contribution in [0.15, 0.2) is 18.2 Å². The fourth-order valence-electron chi connectivity index (χ4n) is 3.12.